The first-order valence-corrected chi connectivity index (χ1v) is 6.11. The molecule has 16 heavy (non-hydrogen) atoms. The third kappa shape index (κ3) is 2.61. The predicted molar refractivity (Wildman–Crippen MR) is 66.6 cm³/mol. The normalized spacial score (nSPS) is 10.4. The first-order chi connectivity index (χ1) is 7.66. The Bertz CT molecular complexity index is 524. The fourth-order valence-corrected chi connectivity index (χ4v) is 2.61. The van der Waals surface area contributed by atoms with Gasteiger partial charge in [-0.1, -0.05) is 23.2 Å². The maximum atomic E-state index is 11.9. The zero-order valence-corrected chi connectivity index (χ0v) is 10.4. The smallest absolute Gasteiger partial charge is 0.169 e. The van der Waals surface area contributed by atoms with E-state index in [1.807, 2.05) is 6.07 Å². The van der Waals surface area contributed by atoms with Crippen LogP contribution in [0.1, 0.15) is 15.2 Å². The first-order valence-electron chi connectivity index (χ1n) is 4.54. The van der Waals surface area contributed by atoms with Crippen molar-refractivity contribution < 1.29 is 4.79 Å². The van der Waals surface area contributed by atoms with Crippen LogP contribution in [0.25, 0.3) is 0 Å². The minimum atomic E-state index is -0.0223. The molecule has 0 fully saturated rings. The van der Waals surface area contributed by atoms with Crippen molar-refractivity contribution in [3.63, 3.8) is 0 Å². The van der Waals surface area contributed by atoms with Gasteiger partial charge in [0.2, 0.25) is 0 Å². The number of thiophene rings is 1. The van der Waals surface area contributed by atoms with E-state index in [1.165, 1.54) is 17.5 Å². The van der Waals surface area contributed by atoms with Gasteiger partial charge >= 0.3 is 0 Å². The van der Waals surface area contributed by atoms with E-state index in [4.69, 9.17) is 23.2 Å². The van der Waals surface area contributed by atoms with Gasteiger partial charge in [0.25, 0.3) is 0 Å². The molecule has 0 aromatic carbocycles. The number of rotatable bonds is 3. The monoisotopic (exact) mass is 271 g/mol. The molecule has 0 aliphatic rings. The summed E-state index contributed by atoms with van der Waals surface area (Å²) in [6.07, 6.45) is 3.35. The highest BCUT2D eigenvalue weighted by Gasteiger charge is 2.11. The van der Waals surface area contributed by atoms with Crippen LogP contribution < -0.4 is 0 Å². The Morgan fingerprint density at radius 2 is 2.12 bits per heavy atom. The number of hydrogen-bond donors (Lipinski definition) is 0. The Hall–Kier alpha value is -0.900. The minimum absolute atomic E-state index is 0.0223. The topological polar surface area (TPSA) is 30.0 Å². The lowest BCUT2D eigenvalue weighted by Gasteiger charge is -2.00. The summed E-state index contributed by atoms with van der Waals surface area (Å²) in [7, 11) is 0. The zero-order chi connectivity index (χ0) is 11.5. The Labute approximate surface area is 107 Å². The third-order valence-electron chi connectivity index (χ3n) is 2.04. The van der Waals surface area contributed by atoms with Gasteiger partial charge in [-0.15, -0.1) is 11.3 Å². The molecule has 0 saturated heterocycles. The van der Waals surface area contributed by atoms with Crippen LogP contribution in [0.15, 0.2) is 30.6 Å². The van der Waals surface area contributed by atoms with Crippen molar-refractivity contribution in [3.05, 3.63) is 50.4 Å². The van der Waals surface area contributed by atoms with Crippen molar-refractivity contribution in [2.45, 2.75) is 6.42 Å². The molecule has 2 rings (SSSR count). The summed E-state index contributed by atoms with van der Waals surface area (Å²) in [6, 6.07) is 5.25. The highest BCUT2D eigenvalue weighted by molar-refractivity contribution is 7.16. The molecule has 0 radical (unpaired) electrons. The zero-order valence-electron chi connectivity index (χ0n) is 8.11. The maximum absolute atomic E-state index is 11.9. The molecule has 0 aliphatic heterocycles. The molecule has 0 aliphatic carbocycles. The third-order valence-corrected chi connectivity index (χ3v) is 3.57. The molecule has 5 heteroatoms. The van der Waals surface area contributed by atoms with Crippen LogP contribution >= 0.6 is 34.5 Å². The molecule has 0 atom stereocenters. The lowest BCUT2D eigenvalue weighted by Crippen LogP contribution is -2.03. The van der Waals surface area contributed by atoms with Gasteiger partial charge in [0.05, 0.1) is 9.36 Å². The molecule has 0 bridgehead atoms. The van der Waals surface area contributed by atoms with E-state index in [0.29, 0.717) is 21.3 Å². The predicted octanol–water partition coefficient (Wildman–Crippen LogP) is 3.88. The molecular weight excluding hydrogens is 265 g/mol. The lowest BCUT2D eigenvalue weighted by atomic mass is 10.1. The van der Waals surface area contributed by atoms with E-state index in [0.717, 1.165) is 4.88 Å². The van der Waals surface area contributed by atoms with E-state index in [-0.39, 0.29) is 5.78 Å². The number of carbonyl (C=O) groups is 1. The molecule has 2 nitrogen and oxygen atoms in total. The molecule has 0 N–H and O–H groups in total. The summed E-state index contributed by atoms with van der Waals surface area (Å²) < 4.78 is 0.684. The highest BCUT2D eigenvalue weighted by Crippen LogP contribution is 2.24. The molecular formula is C11H7Cl2NOS. The summed E-state index contributed by atoms with van der Waals surface area (Å²) in [4.78, 5) is 16.7. The van der Waals surface area contributed by atoms with Crippen molar-refractivity contribution in [2.24, 2.45) is 0 Å². The van der Waals surface area contributed by atoms with Gasteiger partial charge in [0.15, 0.2) is 5.78 Å². The Kier molecular flexibility index (Phi) is 3.59. The van der Waals surface area contributed by atoms with E-state index in [1.54, 1.807) is 18.3 Å². The van der Waals surface area contributed by atoms with Crippen molar-refractivity contribution in [3.8, 4) is 0 Å². The van der Waals surface area contributed by atoms with Crippen LogP contribution in [0, 0.1) is 0 Å². The largest absolute Gasteiger partial charge is 0.294 e. The standard InChI is InChI=1S/C11H7Cl2NOS/c12-9-6-14-4-3-8(9)10(15)5-7-1-2-11(13)16-7/h1-4,6H,5H2. The van der Waals surface area contributed by atoms with Gasteiger partial charge in [0, 0.05) is 29.3 Å². The van der Waals surface area contributed by atoms with Crippen molar-refractivity contribution in [1.29, 1.82) is 0 Å². The average molecular weight is 272 g/mol. The van der Waals surface area contributed by atoms with Gasteiger partial charge in [-0.25, -0.2) is 0 Å². The molecule has 82 valence electrons. The van der Waals surface area contributed by atoms with Crippen LogP contribution in [0.3, 0.4) is 0 Å². The fourth-order valence-electron chi connectivity index (χ4n) is 1.30. The quantitative estimate of drug-likeness (QED) is 0.794. The molecule has 2 heterocycles. The SMILES string of the molecule is O=C(Cc1ccc(Cl)s1)c1ccncc1Cl. The Balaban J connectivity index is 2.18. The van der Waals surface area contributed by atoms with Crippen molar-refractivity contribution >= 4 is 40.3 Å². The average Bonchev–Trinajstić information content (AvgIpc) is 2.64. The van der Waals surface area contributed by atoms with Crippen LogP contribution in [0.5, 0.6) is 0 Å². The van der Waals surface area contributed by atoms with Gasteiger partial charge in [-0.3, -0.25) is 9.78 Å². The van der Waals surface area contributed by atoms with Gasteiger partial charge in [0.1, 0.15) is 0 Å². The molecule has 0 spiro atoms. The number of halogens is 2. The van der Waals surface area contributed by atoms with E-state index >= 15 is 0 Å². The molecule has 0 unspecified atom stereocenters. The highest BCUT2D eigenvalue weighted by atomic mass is 35.5. The summed E-state index contributed by atoms with van der Waals surface area (Å²) in [5.74, 6) is -0.0223. The molecule has 2 aromatic heterocycles. The Morgan fingerprint density at radius 3 is 2.75 bits per heavy atom. The van der Waals surface area contributed by atoms with Crippen molar-refractivity contribution in [1.82, 2.24) is 4.98 Å². The van der Waals surface area contributed by atoms with E-state index < -0.39 is 0 Å². The van der Waals surface area contributed by atoms with Crippen LogP contribution in [-0.2, 0) is 6.42 Å². The Morgan fingerprint density at radius 1 is 1.31 bits per heavy atom. The second-order valence-electron chi connectivity index (χ2n) is 3.16. The number of nitrogens with zero attached hydrogens (tertiary/aromatic N) is 1. The minimum Gasteiger partial charge on any atom is -0.294 e. The number of hydrogen-bond acceptors (Lipinski definition) is 3. The van der Waals surface area contributed by atoms with E-state index in [9.17, 15) is 4.79 Å². The van der Waals surface area contributed by atoms with Crippen LogP contribution in [0.2, 0.25) is 9.36 Å². The van der Waals surface area contributed by atoms with Crippen molar-refractivity contribution in [2.75, 3.05) is 0 Å². The fraction of sp³-hybridized carbons (Fsp3) is 0.0909. The first kappa shape index (κ1) is 11.6. The summed E-state index contributed by atoms with van der Waals surface area (Å²) in [6.45, 7) is 0. The van der Waals surface area contributed by atoms with E-state index in [2.05, 4.69) is 4.98 Å². The van der Waals surface area contributed by atoms with Crippen LogP contribution in [-0.4, -0.2) is 10.8 Å². The second kappa shape index (κ2) is 4.95. The number of aromatic nitrogens is 1. The van der Waals surface area contributed by atoms with Gasteiger partial charge in [-0.2, -0.15) is 0 Å². The van der Waals surface area contributed by atoms with Gasteiger partial charge in [-0.05, 0) is 18.2 Å². The molecule has 0 amide bonds. The summed E-state index contributed by atoms with van der Waals surface area (Å²) >= 11 is 13.1. The number of pyridine rings is 1. The molecule has 0 saturated carbocycles. The van der Waals surface area contributed by atoms with Crippen LogP contribution in [0.4, 0.5) is 0 Å². The summed E-state index contributed by atoms with van der Waals surface area (Å²) in [5, 5.41) is 0.384. The number of Topliss-reactive ketones (excluding diaryl/α,β-unsaturated/α-hetero) is 1. The maximum Gasteiger partial charge on any atom is 0.169 e. The number of ketones is 1. The van der Waals surface area contributed by atoms with Gasteiger partial charge < -0.3 is 0 Å². The second-order valence-corrected chi connectivity index (χ2v) is 5.37. The lowest BCUT2D eigenvalue weighted by molar-refractivity contribution is 0.0994. The summed E-state index contributed by atoms with van der Waals surface area (Å²) in [5.41, 5.74) is 0.501. The number of carbonyl (C=O) groups excluding carboxylic acids is 1. The molecule has 2 aromatic rings.